The van der Waals surface area contributed by atoms with Crippen molar-refractivity contribution in [2.45, 2.75) is 45.8 Å². The summed E-state index contributed by atoms with van der Waals surface area (Å²) >= 11 is 0. The number of hydrogen-bond donors (Lipinski definition) is 4. The molecule has 3 amide bonds. The molecule has 0 spiro atoms. The fourth-order valence-electron chi connectivity index (χ4n) is 4.93. The molecule has 0 radical (unpaired) electrons. The molecule has 5 aromatic rings. The first kappa shape index (κ1) is 29.2. The first-order chi connectivity index (χ1) is 20.5. The number of aryl methyl sites for hydroxylation is 2. The minimum absolute atomic E-state index is 0.0408. The van der Waals surface area contributed by atoms with Crippen molar-refractivity contribution in [3.05, 3.63) is 65.0 Å². The van der Waals surface area contributed by atoms with E-state index < -0.39 is 43.2 Å². The summed E-state index contributed by atoms with van der Waals surface area (Å²) in [6, 6.07) is 10.5. The molecular formula is C28H30F2N10O3. The van der Waals surface area contributed by atoms with E-state index in [1.54, 1.807) is 26.1 Å². The number of rotatable bonds is 11. The van der Waals surface area contributed by atoms with Gasteiger partial charge in [0.2, 0.25) is 23.7 Å². The van der Waals surface area contributed by atoms with Crippen LogP contribution in [-0.2, 0) is 19.6 Å². The maximum Gasteiger partial charge on any atom is 0.276 e. The van der Waals surface area contributed by atoms with Gasteiger partial charge in [0.15, 0.2) is 12.3 Å². The van der Waals surface area contributed by atoms with Crippen LogP contribution in [0, 0.1) is 6.92 Å². The summed E-state index contributed by atoms with van der Waals surface area (Å²) in [5.41, 5.74) is 13.6. The number of alkyl halides is 2. The van der Waals surface area contributed by atoms with E-state index in [1.165, 1.54) is 44.1 Å². The minimum atomic E-state index is -2.06. The molecule has 224 valence electrons. The number of carbonyl (C=O) groups excluding carboxylic acids is 3. The molecule has 2 aromatic carbocycles. The van der Waals surface area contributed by atoms with E-state index in [-0.39, 0.29) is 34.2 Å². The normalized spacial score (nSPS) is 12.9. The van der Waals surface area contributed by atoms with E-state index in [2.05, 4.69) is 25.7 Å². The lowest BCUT2D eigenvalue weighted by Crippen LogP contribution is -2.29. The van der Waals surface area contributed by atoms with Gasteiger partial charge < -0.3 is 25.9 Å². The summed E-state index contributed by atoms with van der Waals surface area (Å²) in [6.07, 6.45) is -4.07. The monoisotopic (exact) mass is 592 g/mol. The Kier molecular flexibility index (Phi) is 7.80. The predicted molar refractivity (Wildman–Crippen MR) is 156 cm³/mol. The Morgan fingerprint density at radius 2 is 1.37 bits per heavy atom. The topological polar surface area (TPSA) is 181 Å². The highest BCUT2D eigenvalue weighted by Gasteiger charge is 2.27. The van der Waals surface area contributed by atoms with Crippen molar-refractivity contribution in [1.82, 2.24) is 28.9 Å². The quantitative estimate of drug-likeness (QED) is 0.182. The third-order valence-electron chi connectivity index (χ3n) is 7.06. The van der Waals surface area contributed by atoms with Gasteiger partial charge in [0.25, 0.3) is 5.91 Å². The summed E-state index contributed by atoms with van der Waals surface area (Å²) in [5.74, 6) is -1.63. The first-order valence-corrected chi connectivity index (χ1v) is 13.4. The lowest BCUT2D eigenvalue weighted by atomic mass is 10.1. The van der Waals surface area contributed by atoms with Gasteiger partial charge in [-0.15, -0.1) is 0 Å². The van der Waals surface area contributed by atoms with Crippen LogP contribution in [0.4, 0.5) is 20.7 Å². The number of benzene rings is 2. The molecule has 2 atom stereocenters. The number of imidazole rings is 2. The number of aromatic nitrogens is 6. The van der Waals surface area contributed by atoms with Crippen LogP contribution in [0.15, 0.2) is 42.5 Å². The van der Waals surface area contributed by atoms with E-state index in [0.29, 0.717) is 28.8 Å². The Bertz CT molecular complexity index is 1880. The summed E-state index contributed by atoms with van der Waals surface area (Å²) in [5, 5.41) is 9.82. The smallest absolute Gasteiger partial charge is 0.276 e. The molecule has 3 heterocycles. The van der Waals surface area contributed by atoms with Gasteiger partial charge in [0, 0.05) is 24.7 Å². The van der Waals surface area contributed by atoms with Crippen molar-refractivity contribution < 1.29 is 23.2 Å². The highest BCUT2D eigenvalue weighted by molar-refractivity contribution is 6.03. The average molecular weight is 593 g/mol. The molecule has 0 saturated carbocycles. The van der Waals surface area contributed by atoms with Crippen molar-refractivity contribution in [3.8, 4) is 0 Å². The third kappa shape index (κ3) is 5.60. The second-order valence-electron chi connectivity index (χ2n) is 9.95. The molecule has 43 heavy (non-hydrogen) atoms. The minimum Gasteiger partial charge on any atom is -0.366 e. The van der Waals surface area contributed by atoms with Gasteiger partial charge in [-0.2, -0.15) is 5.10 Å². The molecule has 15 heteroatoms. The number of nitrogens with one attached hydrogen (secondary N) is 2. The second kappa shape index (κ2) is 11.5. The van der Waals surface area contributed by atoms with Crippen molar-refractivity contribution in [2.75, 3.05) is 17.7 Å². The molecule has 5 rings (SSSR count). The van der Waals surface area contributed by atoms with Gasteiger partial charge in [-0.25, -0.2) is 18.7 Å². The second-order valence-corrected chi connectivity index (χ2v) is 9.95. The molecule has 0 aliphatic carbocycles. The maximum atomic E-state index is 15.7. The predicted octanol–water partition coefficient (Wildman–Crippen LogP) is 2.78. The number of carbonyl (C=O) groups is 3. The lowest BCUT2D eigenvalue weighted by Gasteiger charge is -2.18. The van der Waals surface area contributed by atoms with Crippen LogP contribution in [0.3, 0.4) is 0 Å². The van der Waals surface area contributed by atoms with Crippen molar-refractivity contribution in [2.24, 2.45) is 11.5 Å². The van der Waals surface area contributed by atoms with Crippen molar-refractivity contribution >= 4 is 51.7 Å². The van der Waals surface area contributed by atoms with E-state index in [4.69, 9.17) is 11.5 Å². The largest absolute Gasteiger partial charge is 0.366 e. The average Bonchev–Trinajstić information content (AvgIpc) is 3.64. The number of primary amides is 2. The fraction of sp³-hybridized carbons (Fsp3) is 0.286. The molecule has 0 saturated heterocycles. The Hall–Kier alpha value is -5.34. The van der Waals surface area contributed by atoms with Gasteiger partial charge in [-0.05, 0) is 56.3 Å². The van der Waals surface area contributed by atoms with Crippen LogP contribution in [-0.4, -0.2) is 66.0 Å². The van der Waals surface area contributed by atoms with E-state index in [1.807, 2.05) is 6.92 Å². The Morgan fingerprint density at radius 3 is 1.86 bits per heavy atom. The van der Waals surface area contributed by atoms with Crippen molar-refractivity contribution in [3.63, 3.8) is 0 Å². The van der Waals surface area contributed by atoms with Crippen LogP contribution < -0.4 is 22.1 Å². The molecule has 13 nitrogen and oxygen atoms in total. The zero-order valence-electron chi connectivity index (χ0n) is 23.6. The standard InChI is InChI=1S/C28H30F2N10O3/c1-4-40-23(9-14(2)37-40)26(43)36-28-35-20-11-16(25(32)42)6-8-22(20)39(28)13-18(30)17(29)12-38-21-7-5-15(24(31)41)10-19(21)34-27(38)33-3/h5-11,17-18H,4,12-13H2,1-3H3,(H2,31,41)(H2,32,42)(H,33,34)(H,35,36,43). The third-order valence-corrected chi connectivity index (χ3v) is 7.06. The van der Waals surface area contributed by atoms with Crippen LogP contribution >= 0.6 is 0 Å². The molecule has 3 aromatic heterocycles. The first-order valence-electron chi connectivity index (χ1n) is 13.4. The molecule has 0 aliphatic rings. The Balaban J connectivity index is 1.46. The van der Waals surface area contributed by atoms with Gasteiger partial charge in [0.1, 0.15) is 5.69 Å². The van der Waals surface area contributed by atoms with E-state index >= 15 is 8.78 Å². The Morgan fingerprint density at radius 1 is 0.860 bits per heavy atom. The number of anilines is 2. The maximum absolute atomic E-state index is 15.7. The molecule has 6 N–H and O–H groups in total. The van der Waals surface area contributed by atoms with Gasteiger partial charge >= 0.3 is 0 Å². The molecule has 0 bridgehead atoms. The van der Waals surface area contributed by atoms with E-state index in [0.717, 1.165) is 0 Å². The van der Waals surface area contributed by atoms with Gasteiger partial charge in [-0.1, -0.05) is 0 Å². The molecule has 0 fully saturated rings. The number of nitrogens with two attached hydrogens (primary N) is 2. The zero-order valence-corrected chi connectivity index (χ0v) is 23.6. The number of hydrogen-bond acceptors (Lipinski definition) is 7. The van der Waals surface area contributed by atoms with Crippen LogP contribution in [0.2, 0.25) is 0 Å². The molecule has 0 aliphatic heterocycles. The van der Waals surface area contributed by atoms with Crippen LogP contribution in [0.1, 0.15) is 43.8 Å². The number of nitrogens with zero attached hydrogens (tertiary/aromatic N) is 6. The summed E-state index contributed by atoms with van der Waals surface area (Å²) in [7, 11) is 1.59. The zero-order chi connectivity index (χ0) is 31.0. The lowest BCUT2D eigenvalue weighted by molar-refractivity contribution is 0.0992. The van der Waals surface area contributed by atoms with Crippen LogP contribution in [0.25, 0.3) is 22.1 Å². The number of fused-ring (bicyclic) bond motifs is 2. The summed E-state index contributed by atoms with van der Waals surface area (Å²) in [4.78, 5) is 45.3. The number of amides is 3. The highest BCUT2D eigenvalue weighted by Crippen LogP contribution is 2.26. The SMILES string of the molecule is CCn1nc(C)cc1C(=O)Nc1nc2cc(C(N)=O)ccc2n1CC(F)C(F)Cn1c(NC)nc2cc(C(N)=O)ccc21. The highest BCUT2D eigenvalue weighted by atomic mass is 19.2. The molecule has 2 unspecified atom stereocenters. The Labute approximate surface area is 243 Å². The van der Waals surface area contributed by atoms with Crippen LogP contribution in [0.5, 0.6) is 0 Å². The van der Waals surface area contributed by atoms with Crippen molar-refractivity contribution in [1.29, 1.82) is 0 Å². The van der Waals surface area contributed by atoms with Gasteiger partial charge in [0.05, 0.1) is 40.9 Å². The fourth-order valence-corrected chi connectivity index (χ4v) is 4.93. The summed E-state index contributed by atoms with van der Waals surface area (Å²) in [6.45, 7) is 3.10. The molecular weight excluding hydrogens is 562 g/mol. The van der Waals surface area contributed by atoms with Gasteiger partial charge in [-0.3, -0.25) is 24.4 Å². The van der Waals surface area contributed by atoms with E-state index in [9.17, 15) is 14.4 Å². The number of halogens is 2. The summed E-state index contributed by atoms with van der Waals surface area (Å²) < 4.78 is 35.7.